The molecule has 108 valence electrons. The number of hydrogen-bond donors (Lipinski definition) is 2. The Hall–Kier alpha value is -1.86. The molecule has 0 heterocycles. The molecule has 0 unspecified atom stereocenters. The van der Waals surface area contributed by atoms with Gasteiger partial charge in [-0.1, -0.05) is 44.2 Å². The average Bonchev–Trinajstić information content (AvgIpc) is 2.50. The number of nitriles is 1. The van der Waals surface area contributed by atoms with Gasteiger partial charge in [0.1, 0.15) is 5.41 Å². The fourth-order valence-corrected chi connectivity index (χ4v) is 2.16. The van der Waals surface area contributed by atoms with Crippen LogP contribution in [-0.2, 0) is 11.2 Å². The fraction of sp³-hybridized carbons (Fsp3) is 0.500. The standard InChI is InChI=1S/C16H22N2O2/c1-3-16(4-2,12-17)15(20)18-14(11-19)10-13-8-6-5-7-9-13/h5-9,14,19H,3-4,10-11H2,1-2H3,(H,18,20)/t14-/m0/s1. The first-order valence-corrected chi connectivity index (χ1v) is 6.98. The zero-order valence-electron chi connectivity index (χ0n) is 12.1. The first-order chi connectivity index (χ1) is 9.61. The molecule has 1 amide bonds. The molecule has 1 aromatic carbocycles. The van der Waals surface area contributed by atoms with Gasteiger partial charge in [-0.3, -0.25) is 4.79 Å². The van der Waals surface area contributed by atoms with Gasteiger partial charge in [0.2, 0.25) is 5.91 Å². The summed E-state index contributed by atoms with van der Waals surface area (Å²) < 4.78 is 0. The van der Waals surface area contributed by atoms with Crippen LogP contribution in [0.4, 0.5) is 0 Å². The molecule has 0 aliphatic heterocycles. The van der Waals surface area contributed by atoms with Crippen LogP contribution < -0.4 is 5.32 Å². The molecular formula is C16H22N2O2. The zero-order chi connectivity index (χ0) is 15.0. The number of hydrogen-bond acceptors (Lipinski definition) is 3. The first-order valence-electron chi connectivity index (χ1n) is 6.98. The van der Waals surface area contributed by atoms with Gasteiger partial charge in [0.05, 0.1) is 18.7 Å². The molecule has 4 nitrogen and oxygen atoms in total. The minimum atomic E-state index is -0.996. The number of benzene rings is 1. The number of aliphatic hydroxyl groups is 1. The van der Waals surface area contributed by atoms with Crippen LogP contribution in [0.2, 0.25) is 0 Å². The monoisotopic (exact) mass is 274 g/mol. The van der Waals surface area contributed by atoms with Gasteiger partial charge in [0.25, 0.3) is 0 Å². The van der Waals surface area contributed by atoms with E-state index < -0.39 is 5.41 Å². The normalized spacial score (nSPS) is 12.5. The predicted molar refractivity (Wildman–Crippen MR) is 77.8 cm³/mol. The number of aliphatic hydroxyl groups excluding tert-OH is 1. The van der Waals surface area contributed by atoms with Crippen molar-refractivity contribution in [1.29, 1.82) is 5.26 Å². The third-order valence-electron chi connectivity index (χ3n) is 3.74. The smallest absolute Gasteiger partial charge is 0.240 e. The van der Waals surface area contributed by atoms with E-state index in [1.54, 1.807) is 0 Å². The zero-order valence-corrected chi connectivity index (χ0v) is 12.1. The van der Waals surface area contributed by atoms with Crippen LogP contribution in [-0.4, -0.2) is 23.7 Å². The molecule has 0 saturated carbocycles. The molecule has 1 atom stereocenters. The predicted octanol–water partition coefficient (Wildman–Crippen LogP) is 2.04. The number of rotatable bonds is 7. The molecule has 2 N–H and O–H groups in total. The molecule has 0 spiro atoms. The molecule has 0 fully saturated rings. The second-order valence-corrected chi connectivity index (χ2v) is 4.94. The molecule has 0 radical (unpaired) electrons. The fourth-order valence-electron chi connectivity index (χ4n) is 2.16. The maximum atomic E-state index is 12.3. The van der Waals surface area contributed by atoms with E-state index >= 15 is 0 Å². The van der Waals surface area contributed by atoms with Crippen molar-refractivity contribution in [2.24, 2.45) is 5.41 Å². The second kappa shape index (κ2) is 7.66. The number of carbonyl (C=O) groups is 1. The maximum absolute atomic E-state index is 12.3. The summed E-state index contributed by atoms with van der Waals surface area (Å²) in [5.74, 6) is -0.292. The first kappa shape index (κ1) is 16.2. The summed E-state index contributed by atoms with van der Waals surface area (Å²) in [6, 6.07) is 11.4. The number of carbonyl (C=O) groups excluding carboxylic acids is 1. The van der Waals surface area contributed by atoms with E-state index in [1.165, 1.54) is 0 Å². The highest BCUT2D eigenvalue weighted by Crippen LogP contribution is 2.25. The molecule has 0 saturated heterocycles. The molecule has 0 bridgehead atoms. The van der Waals surface area contributed by atoms with Gasteiger partial charge in [-0.05, 0) is 24.8 Å². The minimum Gasteiger partial charge on any atom is -0.394 e. The van der Waals surface area contributed by atoms with Crippen molar-refractivity contribution in [3.8, 4) is 6.07 Å². The summed E-state index contributed by atoms with van der Waals surface area (Å²) in [4.78, 5) is 12.3. The van der Waals surface area contributed by atoms with Gasteiger partial charge in [0.15, 0.2) is 0 Å². The lowest BCUT2D eigenvalue weighted by Crippen LogP contribution is -2.47. The van der Waals surface area contributed by atoms with E-state index in [9.17, 15) is 15.2 Å². The topological polar surface area (TPSA) is 73.1 Å². The van der Waals surface area contributed by atoms with Gasteiger partial charge >= 0.3 is 0 Å². The van der Waals surface area contributed by atoms with E-state index in [0.717, 1.165) is 5.56 Å². The van der Waals surface area contributed by atoms with Crippen molar-refractivity contribution in [2.75, 3.05) is 6.61 Å². The summed E-state index contributed by atoms with van der Waals surface area (Å²) in [5, 5.41) is 21.5. The third kappa shape index (κ3) is 3.82. The Morgan fingerprint density at radius 1 is 1.35 bits per heavy atom. The van der Waals surface area contributed by atoms with Gasteiger partial charge in [0, 0.05) is 0 Å². The van der Waals surface area contributed by atoms with Crippen LogP contribution >= 0.6 is 0 Å². The highest BCUT2D eigenvalue weighted by atomic mass is 16.3. The van der Waals surface area contributed by atoms with E-state index in [2.05, 4.69) is 11.4 Å². The number of nitrogens with one attached hydrogen (secondary N) is 1. The third-order valence-corrected chi connectivity index (χ3v) is 3.74. The van der Waals surface area contributed by atoms with Gasteiger partial charge in [-0.15, -0.1) is 0 Å². The Labute approximate surface area is 120 Å². The van der Waals surface area contributed by atoms with Gasteiger partial charge in [-0.25, -0.2) is 0 Å². The van der Waals surface area contributed by atoms with Crippen LogP contribution in [0.15, 0.2) is 30.3 Å². The van der Waals surface area contributed by atoms with E-state index in [-0.39, 0.29) is 18.6 Å². The van der Waals surface area contributed by atoms with E-state index in [1.807, 2.05) is 44.2 Å². The molecule has 20 heavy (non-hydrogen) atoms. The summed E-state index contributed by atoms with van der Waals surface area (Å²) in [5.41, 5.74) is 0.0480. The van der Waals surface area contributed by atoms with Crippen molar-refractivity contribution in [3.05, 3.63) is 35.9 Å². The molecular weight excluding hydrogens is 252 g/mol. The van der Waals surface area contributed by atoms with Gasteiger partial charge < -0.3 is 10.4 Å². The summed E-state index contributed by atoms with van der Waals surface area (Å²) in [7, 11) is 0. The van der Waals surface area contributed by atoms with Crippen molar-refractivity contribution < 1.29 is 9.90 Å². The SMILES string of the molecule is CCC(C#N)(CC)C(=O)N[C@H](CO)Cc1ccccc1. The lowest BCUT2D eigenvalue weighted by Gasteiger charge is -2.25. The highest BCUT2D eigenvalue weighted by molar-refractivity contribution is 5.85. The van der Waals surface area contributed by atoms with Crippen molar-refractivity contribution >= 4 is 5.91 Å². The van der Waals surface area contributed by atoms with Crippen LogP contribution in [0.1, 0.15) is 32.3 Å². The van der Waals surface area contributed by atoms with E-state index in [0.29, 0.717) is 19.3 Å². The molecule has 1 rings (SSSR count). The summed E-state index contributed by atoms with van der Waals surface area (Å²) in [6.07, 6.45) is 1.49. The van der Waals surface area contributed by atoms with Crippen molar-refractivity contribution in [3.63, 3.8) is 0 Å². The van der Waals surface area contributed by atoms with E-state index in [4.69, 9.17) is 0 Å². The minimum absolute atomic E-state index is 0.143. The molecule has 0 aliphatic rings. The van der Waals surface area contributed by atoms with Crippen molar-refractivity contribution in [2.45, 2.75) is 39.2 Å². The van der Waals surface area contributed by atoms with Crippen LogP contribution in [0.5, 0.6) is 0 Å². The largest absolute Gasteiger partial charge is 0.394 e. The van der Waals surface area contributed by atoms with Crippen LogP contribution in [0.25, 0.3) is 0 Å². The lowest BCUT2D eigenvalue weighted by molar-refractivity contribution is -0.129. The summed E-state index contributed by atoms with van der Waals surface area (Å²) in [6.45, 7) is 3.52. The van der Waals surface area contributed by atoms with Crippen molar-refractivity contribution in [1.82, 2.24) is 5.32 Å². The lowest BCUT2D eigenvalue weighted by atomic mass is 9.82. The van der Waals surface area contributed by atoms with Crippen LogP contribution in [0, 0.1) is 16.7 Å². The Bertz CT molecular complexity index is 461. The second-order valence-electron chi connectivity index (χ2n) is 4.94. The highest BCUT2D eigenvalue weighted by Gasteiger charge is 2.35. The molecule has 0 aliphatic carbocycles. The Morgan fingerprint density at radius 3 is 2.40 bits per heavy atom. The summed E-state index contributed by atoms with van der Waals surface area (Å²) >= 11 is 0. The Kier molecular flexibility index (Phi) is 6.20. The van der Waals surface area contributed by atoms with Crippen LogP contribution in [0.3, 0.4) is 0 Å². The quantitative estimate of drug-likeness (QED) is 0.799. The number of nitrogens with zero attached hydrogens (tertiary/aromatic N) is 1. The maximum Gasteiger partial charge on any atom is 0.240 e. The molecule has 1 aromatic rings. The Morgan fingerprint density at radius 2 is 1.95 bits per heavy atom. The van der Waals surface area contributed by atoms with Gasteiger partial charge in [-0.2, -0.15) is 5.26 Å². The average molecular weight is 274 g/mol. The molecule has 4 heteroatoms. The molecule has 0 aromatic heterocycles. The Balaban J connectivity index is 2.74. The number of amides is 1.